The van der Waals surface area contributed by atoms with Gasteiger partial charge >= 0.3 is 0 Å². The molecule has 5 unspecified atom stereocenters. The zero-order valence-corrected chi connectivity index (χ0v) is 14.2. The predicted octanol–water partition coefficient (Wildman–Crippen LogP) is 3.51. The van der Waals surface area contributed by atoms with E-state index >= 15 is 0 Å². The minimum Gasteiger partial charge on any atom is -0.460 e. The van der Waals surface area contributed by atoms with E-state index < -0.39 is 37.1 Å². The average molecular weight is 387 g/mol. The highest BCUT2D eigenvalue weighted by Crippen LogP contribution is 2.36. The molecule has 12 nitrogen and oxygen atoms in total. The first kappa shape index (κ1) is 19.2. The van der Waals surface area contributed by atoms with Crippen LogP contribution in [0.3, 0.4) is 0 Å². The molecule has 0 aromatic heterocycles. The summed E-state index contributed by atoms with van der Waals surface area (Å²) in [4.78, 5) is 55.4. The fraction of sp³-hybridized carbons (Fsp3) is 0.375. The maximum atomic E-state index is 11.3. The van der Waals surface area contributed by atoms with Gasteiger partial charge in [-0.3, -0.25) is 0 Å². The molecule has 144 valence electrons. The van der Waals surface area contributed by atoms with Gasteiger partial charge < -0.3 is 9.47 Å². The summed E-state index contributed by atoms with van der Waals surface area (Å²) in [5.74, 6) is -0.0349. The summed E-state index contributed by atoms with van der Waals surface area (Å²) >= 11 is 0. The highest BCUT2D eigenvalue weighted by molar-refractivity contribution is 5.87. The Kier molecular flexibility index (Phi) is 5.79. The van der Waals surface area contributed by atoms with E-state index in [1.54, 1.807) is 24.3 Å². The van der Waals surface area contributed by atoms with Gasteiger partial charge in [0.05, 0.1) is 0 Å². The first-order valence-corrected chi connectivity index (χ1v) is 8.11. The molecule has 0 amide bonds. The molecular formula is C16H13N5O7. The van der Waals surface area contributed by atoms with Crippen molar-refractivity contribution >= 4 is 16.5 Å². The summed E-state index contributed by atoms with van der Waals surface area (Å²) in [5.41, 5.74) is -0.0803. The van der Waals surface area contributed by atoms with Crippen LogP contribution in [-0.4, -0.2) is 37.1 Å². The highest BCUT2D eigenvalue weighted by Gasteiger charge is 2.51. The molecular weight excluding hydrogens is 374 g/mol. The fourth-order valence-electron chi connectivity index (χ4n) is 3.10. The Morgan fingerprint density at radius 2 is 1.50 bits per heavy atom. The standard InChI is InChI=1S/C16H13N5O7/c22-17-7-12-13(19-24)14(20-25)15(21-26)16(28-12)27-11-6-9-4-2-1-3-8(9)5-10(11)18-23/h1-6,12-16H,7H2. The molecule has 1 heterocycles. The molecule has 1 aliphatic rings. The second-order valence-corrected chi connectivity index (χ2v) is 6.02. The van der Waals surface area contributed by atoms with Crippen LogP contribution in [0.5, 0.6) is 5.75 Å². The van der Waals surface area contributed by atoms with Crippen molar-refractivity contribution in [2.75, 3.05) is 6.54 Å². The number of hydrogen-bond acceptors (Lipinski definition) is 12. The topological polar surface area (TPSA) is 166 Å². The number of nitrogens with zero attached hydrogens (tertiary/aromatic N) is 5. The van der Waals surface area contributed by atoms with Crippen LogP contribution in [0.25, 0.3) is 10.8 Å². The zero-order chi connectivity index (χ0) is 20.1. The number of fused-ring (bicyclic) bond motifs is 1. The van der Waals surface area contributed by atoms with Crippen LogP contribution in [0.4, 0.5) is 5.69 Å². The molecule has 0 aliphatic carbocycles. The highest BCUT2D eigenvalue weighted by atomic mass is 16.7. The van der Waals surface area contributed by atoms with Gasteiger partial charge in [-0.05, 0) is 28.1 Å². The van der Waals surface area contributed by atoms with E-state index in [9.17, 15) is 24.5 Å². The first-order chi connectivity index (χ1) is 13.7. The summed E-state index contributed by atoms with van der Waals surface area (Å²) in [6, 6.07) is 5.55. The quantitative estimate of drug-likeness (QED) is 0.625. The Balaban J connectivity index is 1.99. The third kappa shape index (κ3) is 3.49. The molecule has 2 aromatic carbocycles. The van der Waals surface area contributed by atoms with E-state index in [4.69, 9.17) is 9.47 Å². The fourth-order valence-corrected chi connectivity index (χ4v) is 3.10. The Labute approximate surface area is 156 Å². The van der Waals surface area contributed by atoms with Gasteiger partial charge in [-0.15, -0.1) is 4.91 Å². The van der Waals surface area contributed by atoms with E-state index in [-0.39, 0.29) is 11.4 Å². The van der Waals surface area contributed by atoms with Gasteiger partial charge in [-0.1, -0.05) is 45.0 Å². The van der Waals surface area contributed by atoms with E-state index in [0.717, 1.165) is 5.39 Å². The SMILES string of the molecule is O=NCC1OC(Oc2cc3ccccc3cc2N=O)C(N=O)C(N=O)C1N=O. The monoisotopic (exact) mass is 387 g/mol. The molecule has 0 spiro atoms. The Morgan fingerprint density at radius 3 is 2.07 bits per heavy atom. The second-order valence-electron chi connectivity index (χ2n) is 6.02. The smallest absolute Gasteiger partial charge is 0.228 e. The van der Waals surface area contributed by atoms with Crippen molar-refractivity contribution in [1.29, 1.82) is 0 Å². The molecule has 1 aliphatic heterocycles. The summed E-state index contributed by atoms with van der Waals surface area (Å²) < 4.78 is 11.0. The molecule has 12 heteroatoms. The maximum absolute atomic E-state index is 11.3. The minimum absolute atomic E-state index is 0.0349. The van der Waals surface area contributed by atoms with Crippen LogP contribution in [0.1, 0.15) is 0 Å². The molecule has 2 aromatic rings. The van der Waals surface area contributed by atoms with E-state index in [1.807, 2.05) is 0 Å². The lowest BCUT2D eigenvalue weighted by molar-refractivity contribution is -0.164. The summed E-state index contributed by atoms with van der Waals surface area (Å²) in [5, 5.41) is 15.2. The first-order valence-electron chi connectivity index (χ1n) is 8.11. The third-order valence-electron chi connectivity index (χ3n) is 4.46. The molecule has 0 bridgehead atoms. The number of nitroso groups, excluding NO2 is 5. The van der Waals surface area contributed by atoms with Crippen molar-refractivity contribution in [3.05, 3.63) is 60.9 Å². The predicted molar refractivity (Wildman–Crippen MR) is 98.1 cm³/mol. The van der Waals surface area contributed by atoms with E-state index in [0.29, 0.717) is 5.39 Å². The molecule has 0 N–H and O–H groups in total. The lowest BCUT2D eigenvalue weighted by atomic mass is 9.93. The Bertz CT molecular complexity index is 923. The number of rotatable bonds is 8. The van der Waals surface area contributed by atoms with Crippen LogP contribution in [0, 0.1) is 24.5 Å². The number of benzene rings is 2. The third-order valence-corrected chi connectivity index (χ3v) is 4.46. The minimum atomic E-state index is -1.53. The molecule has 5 atom stereocenters. The normalized spacial score (nSPS) is 26.9. The summed E-state index contributed by atoms with van der Waals surface area (Å²) in [7, 11) is 0. The van der Waals surface area contributed by atoms with Crippen molar-refractivity contribution in [3.8, 4) is 5.75 Å². The van der Waals surface area contributed by atoms with Crippen LogP contribution >= 0.6 is 0 Å². The zero-order valence-electron chi connectivity index (χ0n) is 14.2. The number of hydrogen-bond donors (Lipinski definition) is 0. The summed E-state index contributed by atoms with van der Waals surface area (Å²) in [6.07, 6.45) is -2.75. The van der Waals surface area contributed by atoms with Crippen molar-refractivity contribution in [3.63, 3.8) is 0 Å². The number of ether oxygens (including phenoxy) is 2. The van der Waals surface area contributed by atoms with Crippen molar-refractivity contribution in [2.24, 2.45) is 25.9 Å². The summed E-state index contributed by atoms with van der Waals surface area (Å²) in [6.45, 7) is -0.523. The lowest BCUT2D eigenvalue weighted by Gasteiger charge is -2.37. The van der Waals surface area contributed by atoms with Gasteiger partial charge in [0.25, 0.3) is 0 Å². The van der Waals surface area contributed by atoms with E-state index in [2.05, 4.69) is 25.9 Å². The Morgan fingerprint density at radius 1 is 0.857 bits per heavy atom. The average Bonchev–Trinajstić information content (AvgIpc) is 2.72. The van der Waals surface area contributed by atoms with Gasteiger partial charge in [-0.2, -0.15) is 19.6 Å². The maximum Gasteiger partial charge on any atom is 0.228 e. The lowest BCUT2D eigenvalue weighted by Crippen LogP contribution is -2.57. The molecule has 0 saturated carbocycles. The molecule has 3 rings (SSSR count). The van der Waals surface area contributed by atoms with Crippen molar-refractivity contribution in [1.82, 2.24) is 0 Å². The van der Waals surface area contributed by atoms with Gasteiger partial charge in [-0.25, -0.2) is 0 Å². The van der Waals surface area contributed by atoms with Crippen molar-refractivity contribution in [2.45, 2.75) is 30.5 Å². The molecule has 0 radical (unpaired) electrons. The van der Waals surface area contributed by atoms with E-state index in [1.165, 1.54) is 12.1 Å². The van der Waals surface area contributed by atoms with Crippen LogP contribution in [-0.2, 0) is 4.74 Å². The van der Waals surface area contributed by atoms with Crippen LogP contribution in [0.15, 0.2) is 62.3 Å². The largest absolute Gasteiger partial charge is 0.460 e. The Hall–Kier alpha value is -3.54. The van der Waals surface area contributed by atoms with Gasteiger partial charge in [0.2, 0.25) is 6.29 Å². The van der Waals surface area contributed by atoms with Crippen LogP contribution in [0.2, 0.25) is 0 Å². The van der Waals surface area contributed by atoms with Crippen LogP contribution < -0.4 is 4.74 Å². The van der Waals surface area contributed by atoms with Gasteiger partial charge in [0.1, 0.15) is 18.7 Å². The van der Waals surface area contributed by atoms with Crippen molar-refractivity contribution < 1.29 is 9.47 Å². The molecule has 1 fully saturated rings. The second kappa shape index (κ2) is 8.43. The van der Waals surface area contributed by atoms with Gasteiger partial charge in [0.15, 0.2) is 23.5 Å². The molecule has 28 heavy (non-hydrogen) atoms. The molecule has 1 saturated heterocycles. The van der Waals surface area contributed by atoms with Gasteiger partial charge in [0, 0.05) is 0 Å².